The fourth-order valence-corrected chi connectivity index (χ4v) is 0.944. The molecule has 0 unspecified atom stereocenters. The minimum Gasteiger partial charge on any atom is -0.508 e. The molecule has 0 fully saturated rings. The number of nitrogens with zero attached hydrogens (tertiary/aromatic N) is 1. The zero-order valence-electron chi connectivity index (χ0n) is 6.24. The number of aromatic hydroxyl groups is 1. The van der Waals surface area contributed by atoms with Crippen LogP contribution < -0.4 is 0 Å². The molecule has 0 saturated carbocycles. The van der Waals surface area contributed by atoms with Gasteiger partial charge in [0, 0.05) is 0 Å². The average Bonchev–Trinajstić information content (AvgIpc) is 2.04. The Morgan fingerprint density at radius 2 is 2.27 bits per heavy atom. The molecule has 0 atom stereocenters. The third kappa shape index (κ3) is 1.55. The largest absolute Gasteiger partial charge is 0.508 e. The van der Waals surface area contributed by atoms with Crippen molar-refractivity contribution in [2.75, 3.05) is 0 Å². The van der Waals surface area contributed by atoms with Crippen LogP contribution in [0.25, 0.3) is 0 Å². The van der Waals surface area contributed by atoms with Crippen LogP contribution in [0.3, 0.4) is 0 Å². The van der Waals surface area contributed by atoms with Gasteiger partial charge < -0.3 is 5.11 Å². The van der Waals surface area contributed by atoms with Crippen LogP contribution in [0, 0.1) is 4.91 Å². The van der Waals surface area contributed by atoms with Gasteiger partial charge in [0.1, 0.15) is 11.4 Å². The highest BCUT2D eigenvalue weighted by atomic mass is 16.3. The molecule has 0 spiro atoms. The van der Waals surface area contributed by atoms with E-state index in [0.29, 0.717) is 12.1 Å². The molecule has 11 heavy (non-hydrogen) atoms. The third-order valence-electron chi connectivity index (χ3n) is 1.54. The molecule has 3 nitrogen and oxygen atoms in total. The second kappa shape index (κ2) is 3.14. The van der Waals surface area contributed by atoms with E-state index in [1.165, 1.54) is 12.1 Å². The monoisotopic (exact) mass is 151 g/mol. The summed E-state index contributed by atoms with van der Waals surface area (Å²) in [4.78, 5) is 10.2. The maximum absolute atomic E-state index is 10.2. The van der Waals surface area contributed by atoms with Gasteiger partial charge in [-0.3, -0.25) is 0 Å². The van der Waals surface area contributed by atoms with Crippen molar-refractivity contribution in [2.45, 2.75) is 13.3 Å². The van der Waals surface area contributed by atoms with E-state index in [4.69, 9.17) is 5.11 Å². The summed E-state index contributed by atoms with van der Waals surface area (Å²) >= 11 is 0. The van der Waals surface area contributed by atoms with Gasteiger partial charge in [-0.05, 0) is 35.4 Å². The molecule has 0 amide bonds. The topological polar surface area (TPSA) is 49.7 Å². The summed E-state index contributed by atoms with van der Waals surface area (Å²) in [6.45, 7) is 1.91. The van der Waals surface area contributed by atoms with Crippen molar-refractivity contribution >= 4 is 5.69 Å². The van der Waals surface area contributed by atoms with E-state index < -0.39 is 0 Å². The summed E-state index contributed by atoms with van der Waals surface area (Å²) in [7, 11) is 0. The summed E-state index contributed by atoms with van der Waals surface area (Å²) in [6.07, 6.45) is 0.704. The van der Waals surface area contributed by atoms with Crippen molar-refractivity contribution < 1.29 is 5.11 Å². The van der Waals surface area contributed by atoms with Crippen LogP contribution in [0.15, 0.2) is 23.4 Å². The minimum atomic E-state index is 0.175. The number of benzene rings is 1. The number of aryl methyl sites for hydroxylation is 1. The molecule has 1 N–H and O–H groups in total. The molecule has 0 aliphatic rings. The van der Waals surface area contributed by atoms with Crippen LogP contribution in [0.1, 0.15) is 12.5 Å². The molecule has 0 aliphatic heterocycles. The number of phenols is 1. The highest BCUT2D eigenvalue weighted by molar-refractivity contribution is 5.49. The predicted octanol–water partition coefficient (Wildman–Crippen LogP) is 2.35. The molecule has 1 rings (SSSR count). The smallest absolute Gasteiger partial charge is 0.116 e. The molecule has 0 aromatic heterocycles. The Morgan fingerprint density at radius 3 is 2.82 bits per heavy atom. The molecule has 0 saturated heterocycles. The van der Waals surface area contributed by atoms with Crippen LogP contribution >= 0.6 is 0 Å². The van der Waals surface area contributed by atoms with E-state index in [1.54, 1.807) is 6.07 Å². The van der Waals surface area contributed by atoms with E-state index in [9.17, 15) is 4.91 Å². The molecule has 58 valence electrons. The number of phenolic OH excluding ortho intramolecular Hbond substituents is 1. The summed E-state index contributed by atoms with van der Waals surface area (Å²) in [5.41, 5.74) is 1.19. The van der Waals surface area contributed by atoms with E-state index in [2.05, 4.69) is 5.18 Å². The van der Waals surface area contributed by atoms with Crippen molar-refractivity contribution in [3.63, 3.8) is 0 Å². The van der Waals surface area contributed by atoms with Crippen LogP contribution in [-0.2, 0) is 6.42 Å². The number of rotatable bonds is 2. The van der Waals surface area contributed by atoms with Crippen LogP contribution in [-0.4, -0.2) is 5.11 Å². The van der Waals surface area contributed by atoms with Gasteiger partial charge in [-0.15, -0.1) is 4.91 Å². The van der Waals surface area contributed by atoms with Crippen molar-refractivity contribution in [1.29, 1.82) is 0 Å². The second-order valence-electron chi connectivity index (χ2n) is 2.26. The lowest BCUT2D eigenvalue weighted by molar-refractivity contribution is 0.474. The quantitative estimate of drug-likeness (QED) is 0.659. The number of nitroso groups, excluding NO2 is 1. The molecule has 1 aromatic carbocycles. The Morgan fingerprint density at radius 1 is 1.55 bits per heavy atom. The van der Waals surface area contributed by atoms with Crippen LogP contribution in [0.5, 0.6) is 5.75 Å². The Hall–Kier alpha value is -1.38. The van der Waals surface area contributed by atoms with Crippen molar-refractivity contribution in [2.24, 2.45) is 5.18 Å². The number of hydrogen-bond acceptors (Lipinski definition) is 3. The first-order chi connectivity index (χ1) is 5.27. The first-order valence-electron chi connectivity index (χ1n) is 3.43. The summed E-state index contributed by atoms with van der Waals surface area (Å²) in [5, 5.41) is 11.8. The molecule has 1 aromatic rings. The van der Waals surface area contributed by atoms with Crippen LogP contribution in [0.4, 0.5) is 5.69 Å². The van der Waals surface area contributed by atoms with E-state index in [1.807, 2.05) is 6.92 Å². The zero-order valence-corrected chi connectivity index (χ0v) is 6.24. The molecular formula is C8H9NO2. The SMILES string of the molecule is CCc1cc(O)ccc1N=O. The molecule has 0 radical (unpaired) electrons. The fourth-order valence-electron chi connectivity index (χ4n) is 0.944. The highest BCUT2D eigenvalue weighted by Gasteiger charge is 2.00. The van der Waals surface area contributed by atoms with E-state index >= 15 is 0 Å². The third-order valence-corrected chi connectivity index (χ3v) is 1.54. The average molecular weight is 151 g/mol. The maximum Gasteiger partial charge on any atom is 0.116 e. The lowest BCUT2D eigenvalue weighted by Gasteiger charge is -1.99. The molecular weight excluding hydrogens is 142 g/mol. The fraction of sp³-hybridized carbons (Fsp3) is 0.250. The summed E-state index contributed by atoms with van der Waals surface area (Å²) in [5.74, 6) is 0.175. The van der Waals surface area contributed by atoms with Gasteiger partial charge in [0.2, 0.25) is 0 Å². The Balaban J connectivity index is 3.16. The van der Waals surface area contributed by atoms with Gasteiger partial charge in [-0.25, -0.2) is 0 Å². The zero-order chi connectivity index (χ0) is 8.27. The van der Waals surface area contributed by atoms with Gasteiger partial charge in [-0.1, -0.05) is 6.92 Å². The first kappa shape index (κ1) is 7.72. The van der Waals surface area contributed by atoms with Crippen molar-refractivity contribution in [3.05, 3.63) is 28.7 Å². The molecule has 3 heteroatoms. The Bertz CT molecular complexity index is 271. The first-order valence-corrected chi connectivity index (χ1v) is 3.43. The van der Waals surface area contributed by atoms with E-state index in [0.717, 1.165) is 5.56 Å². The van der Waals surface area contributed by atoms with Gasteiger partial charge in [0.25, 0.3) is 0 Å². The predicted molar refractivity (Wildman–Crippen MR) is 42.9 cm³/mol. The number of hydrogen-bond donors (Lipinski definition) is 1. The van der Waals surface area contributed by atoms with Crippen molar-refractivity contribution in [1.82, 2.24) is 0 Å². The Labute approximate surface area is 64.7 Å². The summed E-state index contributed by atoms with van der Waals surface area (Å²) < 4.78 is 0. The van der Waals surface area contributed by atoms with E-state index in [-0.39, 0.29) is 5.75 Å². The van der Waals surface area contributed by atoms with Gasteiger partial charge in [0.05, 0.1) is 0 Å². The minimum absolute atomic E-state index is 0.175. The summed E-state index contributed by atoms with van der Waals surface area (Å²) in [6, 6.07) is 4.52. The highest BCUT2D eigenvalue weighted by Crippen LogP contribution is 2.23. The standard InChI is InChI=1S/C8H9NO2/c1-2-6-5-7(10)3-4-8(6)9-11/h3-5,10H,2H2,1H3. The van der Waals surface area contributed by atoms with Crippen molar-refractivity contribution in [3.8, 4) is 5.75 Å². The normalized spacial score (nSPS) is 9.55. The maximum atomic E-state index is 10.2. The lowest BCUT2D eigenvalue weighted by Crippen LogP contribution is -1.79. The Kier molecular flexibility index (Phi) is 2.21. The van der Waals surface area contributed by atoms with Gasteiger partial charge >= 0.3 is 0 Å². The van der Waals surface area contributed by atoms with Gasteiger partial charge in [-0.2, -0.15) is 0 Å². The van der Waals surface area contributed by atoms with Gasteiger partial charge in [0.15, 0.2) is 0 Å². The molecule has 0 aliphatic carbocycles. The lowest BCUT2D eigenvalue weighted by atomic mass is 10.1. The molecule has 0 bridgehead atoms. The molecule has 0 heterocycles. The second-order valence-corrected chi connectivity index (χ2v) is 2.26. The van der Waals surface area contributed by atoms with Crippen LogP contribution in [0.2, 0.25) is 0 Å².